The molecular formula is C20H37N3O3S. The molecule has 3 aliphatic rings. The lowest BCUT2D eigenvalue weighted by Crippen LogP contribution is -2.50. The van der Waals surface area contributed by atoms with Crippen molar-refractivity contribution in [2.45, 2.75) is 70.9 Å². The number of rotatable bonds is 5. The molecule has 0 bridgehead atoms. The first kappa shape index (κ1) is 20.9. The van der Waals surface area contributed by atoms with Gasteiger partial charge in [-0.05, 0) is 49.9 Å². The van der Waals surface area contributed by atoms with E-state index >= 15 is 0 Å². The first-order valence-electron chi connectivity index (χ1n) is 10.8. The predicted octanol–water partition coefficient (Wildman–Crippen LogP) is 2.35. The van der Waals surface area contributed by atoms with Crippen LogP contribution in [0.5, 0.6) is 0 Å². The zero-order chi connectivity index (χ0) is 19.3. The van der Waals surface area contributed by atoms with Gasteiger partial charge in [-0.25, -0.2) is 8.42 Å². The third kappa shape index (κ3) is 6.63. The minimum Gasteiger partial charge on any atom is -0.381 e. The summed E-state index contributed by atoms with van der Waals surface area (Å²) in [6.07, 6.45) is 7.73. The molecule has 0 aromatic carbocycles. The van der Waals surface area contributed by atoms with Crippen LogP contribution >= 0.6 is 0 Å². The third-order valence-corrected chi connectivity index (χ3v) is 8.23. The van der Waals surface area contributed by atoms with Gasteiger partial charge in [0.2, 0.25) is 0 Å². The number of ether oxygens (including phenoxy) is 1. The van der Waals surface area contributed by atoms with Crippen LogP contribution in [0.4, 0.5) is 0 Å². The maximum atomic E-state index is 11.7. The second kappa shape index (κ2) is 9.59. The van der Waals surface area contributed by atoms with Crippen molar-refractivity contribution in [2.75, 3.05) is 31.3 Å². The lowest BCUT2D eigenvalue weighted by atomic mass is 9.79. The van der Waals surface area contributed by atoms with Gasteiger partial charge in [-0.3, -0.25) is 4.99 Å². The number of hydrogen-bond donors (Lipinski definition) is 2. The van der Waals surface area contributed by atoms with Gasteiger partial charge in [0.1, 0.15) is 0 Å². The van der Waals surface area contributed by atoms with Gasteiger partial charge in [-0.15, -0.1) is 0 Å². The summed E-state index contributed by atoms with van der Waals surface area (Å²) < 4.78 is 28.9. The molecule has 3 rings (SSSR count). The van der Waals surface area contributed by atoms with E-state index in [1.165, 1.54) is 25.7 Å². The second-order valence-electron chi connectivity index (χ2n) is 9.00. The highest BCUT2D eigenvalue weighted by atomic mass is 32.2. The highest BCUT2D eigenvalue weighted by Gasteiger charge is 2.29. The Hall–Kier alpha value is -0.820. The summed E-state index contributed by atoms with van der Waals surface area (Å²) in [5.74, 6) is 3.16. The highest BCUT2D eigenvalue weighted by molar-refractivity contribution is 7.91. The van der Waals surface area contributed by atoms with Gasteiger partial charge in [0.15, 0.2) is 15.8 Å². The zero-order valence-corrected chi connectivity index (χ0v) is 17.8. The van der Waals surface area contributed by atoms with E-state index in [1.807, 2.05) is 0 Å². The summed E-state index contributed by atoms with van der Waals surface area (Å²) in [6, 6.07) is 0.853. The molecule has 156 valence electrons. The van der Waals surface area contributed by atoms with E-state index in [9.17, 15) is 8.42 Å². The summed E-state index contributed by atoms with van der Waals surface area (Å²) in [6.45, 7) is 6.83. The molecule has 2 saturated heterocycles. The van der Waals surface area contributed by atoms with Gasteiger partial charge in [-0.2, -0.15) is 0 Å². The van der Waals surface area contributed by atoms with Gasteiger partial charge in [0.25, 0.3) is 0 Å². The van der Waals surface area contributed by atoms with Crippen LogP contribution in [0.2, 0.25) is 0 Å². The third-order valence-electron chi connectivity index (χ3n) is 6.39. The average Bonchev–Trinajstić information content (AvgIpc) is 3.00. The maximum absolute atomic E-state index is 11.7. The van der Waals surface area contributed by atoms with Crippen LogP contribution in [0.15, 0.2) is 4.99 Å². The minimum absolute atomic E-state index is 0.165. The van der Waals surface area contributed by atoms with Gasteiger partial charge in [-0.1, -0.05) is 26.7 Å². The molecule has 3 unspecified atom stereocenters. The summed E-state index contributed by atoms with van der Waals surface area (Å²) in [5, 5.41) is 7.28. The molecule has 0 radical (unpaired) electrons. The Kier molecular flexibility index (Phi) is 7.42. The van der Waals surface area contributed by atoms with Crippen LogP contribution in [-0.2, 0) is 14.6 Å². The van der Waals surface area contributed by atoms with Crippen LogP contribution in [0.25, 0.3) is 0 Å². The fourth-order valence-electron chi connectivity index (χ4n) is 4.56. The second-order valence-corrected chi connectivity index (χ2v) is 11.2. The van der Waals surface area contributed by atoms with Gasteiger partial charge in [0, 0.05) is 31.8 Å². The Labute approximate surface area is 164 Å². The average molecular weight is 400 g/mol. The van der Waals surface area contributed by atoms with E-state index < -0.39 is 9.84 Å². The molecule has 3 atom stereocenters. The van der Waals surface area contributed by atoms with Crippen molar-refractivity contribution in [2.24, 2.45) is 22.7 Å². The Balaban J connectivity index is 1.60. The maximum Gasteiger partial charge on any atom is 0.191 e. The minimum atomic E-state index is -2.84. The molecule has 2 heterocycles. The van der Waals surface area contributed by atoms with E-state index in [-0.39, 0.29) is 5.92 Å². The molecule has 0 aromatic rings. The molecule has 0 spiro atoms. The smallest absolute Gasteiger partial charge is 0.191 e. The summed E-state index contributed by atoms with van der Waals surface area (Å²) >= 11 is 0. The van der Waals surface area contributed by atoms with Gasteiger partial charge >= 0.3 is 0 Å². The molecule has 0 amide bonds. The van der Waals surface area contributed by atoms with Gasteiger partial charge in [0.05, 0.1) is 11.5 Å². The first-order valence-corrected chi connectivity index (χ1v) is 12.6. The van der Waals surface area contributed by atoms with Gasteiger partial charge < -0.3 is 15.4 Å². The summed E-state index contributed by atoms with van der Waals surface area (Å²) in [4.78, 5) is 4.82. The van der Waals surface area contributed by atoms with Crippen molar-refractivity contribution in [3.05, 3.63) is 0 Å². The van der Waals surface area contributed by atoms with E-state index in [0.29, 0.717) is 30.1 Å². The van der Waals surface area contributed by atoms with Crippen LogP contribution in [0, 0.1) is 17.8 Å². The number of nitrogens with zero attached hydrogens (tertiary/aromatic N) is 1. The zero-order valence-electron chi connectivity index (χ0n) is 17.0. The van der Waals surface area contributed by atoms with E-state index in [0.717, 1.165) is 50.3 Å². The SMILES string of the molecule is CC(C)C1CCCC(NC(=NCC2CCS(=O)(=O)C2)NC2CCOCC2)C1. The standard InChI is InChI=1S/C20H37N3O3S/c1-15(2)17-4-3-5-19(12-17)23-20(22-18-6-9-26-10-7-18)21-13-16-8-11-27(24,25)14-16/h15-19H,3-14H2,1-2H3,(H2,21,22,23). The fourth-order valence-corrected chi connectivity index (χ4v) is 6.41. The van der Waals surface area contributed by atoms with Crippen molar-refractivity contribution in [1.82, 2.24) is 10.6 Å². The number of nitrogens with one attached hydrogen (secondary N) is 2. The van der Waals surface area contributed by atoms with Crippen LogP contribution in [0.1, 0.15) is 58.8 Å². The van der Waals surface area contributed by atoms with Crippen LogP contribution in [-0.4, -0.2) is 57.7 Å². The van der Waals surface area contributed by atoms with Crippen molar-refractivity contribution < 1.29 is 13.2 Å². The van der Waals surface area contributed by atoms with Crippen molar-refractivity contribution >= 4 is 15.8 Å². The topological polar surface area (TPSA) is 79.8 Å². The molecule has 3 fully saturated rings. The van der Waals surface area contributed by atoms with Crippen molar-refractivity contribution in [3.63, 3.8) is 0 Å². The van der Waals surface area contributed by atoms with E-state index in [2.05, 4.69) is 24.5 Å². The number of sulfone groups is 1. The van der Waals surface area contributed by atoms with E-state index in [4.69, 9.17) is 9.73 Å². The molecule has 2 N–H and O–H groups in total. The molecular weight excluding hydrogens is 362 g/mol. The van der Waals surface area contributed by atoms with Crippen molar-refractivity contribution in [3.8, 4) is 0 Å². The summed E-state index contributed by atoms with van der Waals surface area (Å²) in [5.41, 5.74) is 0. The highest BCUT2D eigenvalue weighted by Crippen LogP contribution is 2.30. The largest absolute Gasteiger partial charge is 0.381 e. The molecule has 0 aromatic heterocycles. The quantitative estimate of drug-likeness (QED) is 0.548. The molecule has 6 nitrogen and oxygen atoms in total. The Morgan fingerprint density at radius 1 is 1.07 bits per heavy atom. The van der Waals surface area contributed by atoms with E-state index in [1.54, 1.807) is 0 Å². The lowest BCUT2D eigenvalue weighted by molar-refractivity contribution is 0.0821. The number of hydrogen-bond acceptors (Lipinski definition) is 4. The number of aliphatic imine (C=N–C) groups is 1. The molecule has 27 heavy (non-hydrogen) atoms. The fraction of sp³-hybridized carbons (Fsp3) is 0.950. The Morgan fingerprint density at radius 2 is 1.81 bits per heavy atom. The lowest BCUT2D eigenvalue weighted by Gasteiger charge is -2.34. The van der Waals surface area contributed by atoms with Crippen LogP contribution < -0.4 is 10.6 Å². The first-order chi connectivity index (χ1) is 12.9. The molecule has 1 aliphatic carbocycles. The summed E-state index contributed by atoms with van der Waals surface area (Å²) in [7, 11) is -2.84. The molecule has 7 heteroatoms. The molecule has 2 aliphatic heterocycles. The Morgan fingerprint density at radius 3 is 2.48 bits per heavy atom. The monoisotopic (exact) mass is 399 g/mol. The number of guanidine groups is 1. The van der Waals surface area contributed by atoms with Crippen molar-refractivity contribution in [1.29, 1.82) is 0 Å². The molecule has 1 saturated carbocycles. The normalized spacial score (nSPS) is 32.6. The predicted molar refractivity (Wildman–Crippen MR) is 110 cm³/mol. The Bertz CT molecular complexity index is 600. The van der Waals surface area contributed by atoms with Crippen LogP contribution in [0.3, 0.4) is 0 Å².